The average Bonchev–Trinajstić information content (AvgIpc) is 2.83. The second-order valence-corrected chi connectivity index (χ2v) is 4.53. The molecule has 0 fully saturated rings. The predicted octanol–water partition coefficient (Wildman–Crippen LogP) is 3.33. The van der Waals surface area contributed by atoms with Gasteiger partial charge in [0.05, 0.1) is 6.20 Å². The summed E-state index contributed by atoms with van der Waals surface area (Å²) in [6, 6.07) is 4.67. The van der Waals surface area contributed by atoms with Gasteiger partial charge >= 0.3 is 0 Å². The van der Waals surface area contributed by atoms with Crippen LogP contribution in [0.5, 0.6) is 0 Å². The number of benzene rings is 1. The number of halogens is 1. The molecule has 0 saturated carbocycles. The zero-order chi connectivity index (χ0) is 13.7. The Morgan fingerprint density at radius 3 is 2.95 bits per heavy atom. The summed E-state index contributed by atoms with van der Waals surface area (Å²) in [6.45, 7) is 5.89. The molecule has 4 heteroatoms. The Morgan fingerprint density at radius 2 is 2.21 bits per heavy atom. The van der Waals surface area contributed by atoms with Gasteiger partial charge in [0.1, 0.15) is 5.82 Å². The maximum atomic E-state index is 13.1. The lowest BCUT2D eigenvalue weighted by Crippen LogP contribution is -2.14. The van der Waals surface area contributed by atoms with E-state index in [0.717, 1.165) is 42.9 Å². The molecule has 19 heavy (non-hydrogen) atoms. The summed E-state index contributed by atoms with van der Waals surface area (Å²) >= 11 is 0. The fourth-order valence-corrected chi connectivity index (χ4v) is 2.00. The molecule has 3 nitrogen and oxygen atoms in total. The Kier molecular flexibility index (Phi) is 4.68. The molecule has 0 aliphatic rings. The fraction of sp³-hybridized carbons (Fsp3) is 0.400. The van der Waals surface area contributed by atoms with E-state index in [4.69, 9.17) is 4.42 Å². The van der Waals surface area contributed by atoms with Crippen LogP contribution in [0.3, 0.4) is 0 Å². The molecule has 1 heterocycles. The Morgan fingerprint density at radius 1 is 1.37 bits per heavy atom. The molecule has 0 bridgehead atoms. The minimum atomic E-state index is -0.230. The smallest absolute Gasteiger partial charge is 0.194 e. The van der Waals surface area contributed by atoms with Crippen LogP contribution in [-0.2, 0) is 6.42 Å². The van der Waals surface area contributed by atoms with E-state index < -0.39 is 0 Å². The molecule has 0 saturated heterocycles. The topological polar surface area (TPSA) is 38.1 Å². The monoisotopic (exact) mass is 262 g/mol. The first-order valence-electron chi connectivity index (χ1n) is 6.62. The second-order valence-electron chi connectivity index (χ2n) is 4.53. The summed E-state index contributed by atoms with van der Waals surface area (Å²) in [4.78, 5) is 4.27. The largest absolute Gasteiger partial charge is 0.441 e. The van der Waals surface area contributed by atoms with Gasteiger partial charge in [-0.1, -0.05) is 6.92 Å². The summed E-state index contributed by atoms with van der Waals surface area (Å²) in [5.74, 6) is 1.21. The highest BCUT2D eigenvalue weighted by atomic mass is 19.1. The minimum absolute atomic E-state index is 0.230. The molecule has 0 spiro atoms. The Labute approximate surface area is 112 Å². The second kappa shape index (κ2) is 6.48. The summed E-state index contributed by atoms with van der Waals surface area (Å²) < 4.78 is 18.8. The maximum Gasteiger partial charge on any atom is 0.194 e. The highest BCUT2D eigenvalue weighted by molar-refractivity contribution is 5.60. The lowest BCUT2D eigenvalue weighted by atomic mass is 10.1. The number of aromatic nitrogens is 1. The average molecular weight is 262 g/mol. The molecule has 1 aromatic carbocycles. The summed E-state index contributed by atoms with van der Waals surface area (Å²) in [6.07, 6.45) is 3.52. The number of nitrogens with zero attached hydrogens (tertiary/aromatic N) is 1. The molecule has 2 rings (SSSR count). The SMILES string of the molecule is CCNCCCc1ncc(-c2ccc(F)cc2C)o1. The van der Waals surface area contributed by atoms with Crippen LogP contribution >= 0.6 is 0 Å². The van der Waals surface area contributed by atoms with Crippen molar-refractivity contribution in [2.24, 2.45) is 0 Å². The van der Waals surface area contributed by atoms with Crippen molar-refractivity contribution < 1.29 is 8.81 Å². The van der Waals surface area contributed by atoms with Crippen molar-refractivity contribution in [2.75, 3.05) is 13.1 Å². The number of rotatable bonds is 6. The van der Waals surface area contributed by atoms with Crippen LogP contribution in [0.4, 0.5) is 4.39 Å². The third-order valence-electron chi connectivity index (χ3n) is 3.00. The lowest BCUT2D eigenvalue weighted by Gasteiger charge is -2.02. The predicted molar refractivity (Wildman–Crippen MR) is 73.5 cm³/mol. The van der Waals surface area contributed by atoms with Crippen LogP contribution in [0.1, 0.15) is 24.8 Å². The molecule has 0 aliphatic carbocycles. The van der Waals surface area contributed by atoms with E-state index in [9.17, 15) is 4.39 Å². The lowest BCUT2D eigenvalue weighted by molar-refractivity contribution is 0.493. The summed E-state index contributed by atoms with van der Waals surface area (Å²) in [5, 5.41) is 3.26. The van der Waals surface area contributed by atoms with Crippen molar-refractivity contribution in [3.8, 4) is 11.3 Å². The van der Waals surface area contributed by atoms with Crippen LogP contribution in [0.25, 0.3) is 11.3 Å². The van der Waals surface area contributed by atoms with Crippen molar-refractivity contribution in [3.63, 3.8) is 0 Å². The van der Waals surface area contributed by atoms with Gasteiger partial charge < -0.3 is 9.73 Å². The number of hydrogen-bond donors (Lipinski definition) is 1. The van der Waals surface area contributed by atoms with Gasteiger partial charge in [-0.15, -0.1) is 0 Å². The molecule has 2 aromatic rings. The van der Waals surface area contributed by atoms with Gasteiger partial charge in [-0.05, 0) is 50.2 Å². The Balaban J connectivity index is 2.04. The summed E-state index contributed by atoms with van der Waals surface area (Å²) in [5.41, 5.74) is 1.75. The molecule has 102 valence electrons. The van der Waals surface area contributed by atoms with Gasteiger partial charge in [0, 0.05) is 12.0 Å². The number of aryl methyl sites for hydroxylation is 2. The first-order chi connectivity index (χ1) is 9.20. The van der Waals surface area contributed by atoms with Gasteiger partial charge in [-0.2, -0.15) is 0 Å². The first-order valence-corrected chi connectivity index (χ1v) is 6.62. The molecular weight excluding hydrogens is 243 g/mol. The van der Waals surface area contributed by atoms with Gasteiger partial charge in [0.2, 0.25) is 0 Å². The molecule has 0 radical (unpaired) electrons. The van der Waals surface area contributed by atoms with E-state index in [-0.39, 0.29) is 5.82 Å². The zero-order valence-electron chi connectivity index (χ0n) is 11.4. The van der Waals surface area contributed by atoms with E-state index >= 15 is 0 Å². The normalized spacial score (nSPS) is 10.9. The van der Waals surface area contributed by atoms with Crippen LogP contribution in [0.2, 0.25) is 0 Å². The Hall–Kier alpha value is -1.68. The van der Waals surface area contributed by atoms with E-state index in [1.54, 1.807) is 12.3 Å². The molecule has 0 unspecified atom stereocenters. The number of hydrogen-bond acceptors (Lipinski definition) is 3. The standard InChI is InChI=1S/C15H19FN2O/c1-3-17-8-4-5-15-18-10-14(19-15)13-7-6-12(16)9-11(13)2/h6-7,9-10,17H,3-5,8H2,1-2H3. The highest BCUT2D eigenvalue weighted by Gasteiger charge is 2.09. The van der Waals surface area contributed by atoms with Crippen LogP contribution < -0.4 is 5.32 Å². The summed E-state index contributed by atoms with van der Waals surface area (Å²) in [7, 11) is 0. The van der Waals surface area contributed by atoms with Gasteiger partial charge in [0.15, 0.2) is 11.7 Å². The van der Waals surface area contributed by atoms with Crippen molar-refractivity contribution in [2.45, 2.75) is 26.7 Å². The molecule has 0 amide bonds. The fourth-order valence-electron chi connectivity index (χ4n) is 2.00. The van der Waals surface area contributed by atoms with Crippen LogP contribution in [-0.4, -0.2) is 18.1 Å². The highest BCUT2D eigenvalue weighted by Crippen LogP contribution is 2.25. The van der Waals surface area contributed by atoms with Crippen molar-refractivity contribution >= 4 is 0 Å². The molecule has 1 aromatic heterocycles. The van der Waals surface area contributed by atoms with Crippen LogP contribution in [0, 0.1) is 12.7 Å². The first kappa shape index (κ1) is 13.7. The van der Waals surface area contributed by atoms with Crippen molar-refractivity contribution in [1.82, 2.24) is 10.3 Å². The van der Waals surface area contributed by atoms with Gasteiger partial charge in [-0.25, -0.2) is 9.37 Å². The van der Waals surface area contributed by atoms with Gasteiger partial charge in [0.25, 0.3) is 0 Å². The van der Waals surface area contributed by atoms with Crippen molar-refractivity contribution in [3.05, 3.63) is 41.7 Å². The van der Waals surface area contributed by atoms with E-state index in [1.165, 1.54) is 12.1 Å². The molecular formula is C15H19FN2O. The van der Waals surface area contributed by atoms with E-state index in [0.29, 0.717) is 5.76 Å². The van der Waals surface area contributed by atoms with E-state index in [2.05, 4.69) is 17.2 Å². The maximum absolute atomic E-state index is 13.1. The zero-order valence-corrected chi connectivity index (χ0v) is 11.4. The number of oxazole rings is 1. The molecule has 0 aliphatic heterocycles. The van der Waals surface area contributed by atoms with Gasteiger partial charge in [-0.3, -0.25) is 0 Å². The molecule has 1 N–H and O–H groups in total. The third-order valence-corrected chi connectivity index (χ3v) is 3.00. The minimum Gasteiger partial charge on any atom is -0.441 e. The Bertz CT molecular complexity index is 537. The van der Waals surface area contributed by atoms with Crippen LogP contribution in [0.15, 0.2) is 28.8 Å². The molecule has 0 atom stereocenters. The van der Waals surface area contributed by atoms with E-state index in [1.807, 2.05) is 6.92 Å². The van der Waals surface area contributed by atoms with Crippen molar-refractivity contribution in [1.29, 1.82) is 0 Å². The number of nitrogens with one attached hydrogen (secondary N) is 1. The third kappa shape index (κ3) is 3.64. The quantitative estimate of drug-likeness (QED) is 0.811.